The Hall–Kier alpha value is -2.50. The van der Waals surface area contributed by atoms with Crippen LogP contribution in [0.3, 0.4) is 0 Å². The molecule has 1 aromatic rings. The van der Waals surface area contributed by atoms with Gasteiger partial charge in [0.25, 0.3) is 5.91 Å². The van der Waals surface area contributed by atoms with Gasteiger partial charge in [-0.2, -0.15) is 0 Å². The van der Waals surface area contributed by atoms with Gasteiger partial charge in [0.1, 0.15) is 12.5 Å². The topological polar surface area (TPSA) is 93.7 Å². The predicted octanol–water partition coefficient (Wildman–Crippen LogP) is 1.51. The molecular weight excluding hydrogens is 356 g/mol. The lowest BCUT2D eigenvalue weighted by Crippen LogP contribution is -2.36. The average molecular weight is 380 g/mol. The minimum absolute atomic E-state index is 0.109. The minimum atomic E-state index is -3.72. The van der Waals surface area contributed by atoms with E-state index in [1.807, 2.05) is 11.6 Å². The summed E-state index contributed by atoms with van der Waals surface area (Å²) in [5.74, 6) is 2.26. The summed E-state index contributed by atoms with van der Waals surface area (Å²) in [5, 5.41) is 2.77. The molecular formula is C18H24N2O5S. The third kappa shape index (κ3) is 8.05. The largest absolute Gasteiger partial charge is 0.493 e. The van der Waals surface area contributed by atoms with Crippen LogP contribution in [-0.4, -0.2) is 40.5 Å². The number of unbranched alkanes of at least 4 members (excludes halogenated alkanes) is 1. The summed E-state index contributed by atoms with van der Waals surface area (Å²) >= 11 is 0. The van der Waals surface area contributed by atoms with Crippen molar-refractivity contribution >= 4 is 22.0 Å². The maximum absolute atomic E-state index is 11.8. The van der Waals surface area contributed by atoms with Gasteiger partial charge in [0.05, 0.1) is 7.11 Å². The van der Waals surface area contributed by atoms with E-state index in [0.717, 1.165) is 18.9 Å². The van der Waals surface area contributed by atoms with Crippen LogP contribution in [0.4, 0.5) is 0 Å². The second kappa shape index (κ2) is 11.2. The highest BCUT2D eigenvalue weighted by atomic mass is 32.2. The molecule has 0 aliphatic rings. The molecule has 0 unspecified atom stereocenters. The molecule has 7 nitrogen and oxygen atoms in total. The van der Waals surface area contributed by atoms with Crippen molar-refractivity contribution < 1.29 is 22.7 Å². The van der Waals surface area contributed by atoms with Crippen LogP contribution in [0.15, 0.2) is 24.3 Å². The Morgan fingerprint density at radius 2 is 2.12 bits per heavy atom. The van der Waals surface area contributed by atoms with Gasteiger partial charge in [0.2, 0.25) is 10.0 Å². The quantitative estimate of drug-likeness (QED) is 0.343. The second-order valence-corrected chi connectivity index (χ2v) is 7.04. The Kier molecular flexibility index (Phi) is 9.26. The molecule has 0 atom stereocenters. The highest BCUT2D eigenvalue weighted by Gasteiger charge is 2.12. The van der Waals surface area contributed by atoms with Crippen molar-refractivity contribution in [1.82, 2.24) is 10.0 Å². The van der Waals surface area contributed by atoms with Crippen LogP contribution in [-0.2, 0) is 14.8 Å². The molecule has 0 aliphatic heterocycles. The molecule has 0 spiro atoms. The molecule has 0 fully saturated rings. The standard InChI is InChI=1S/C18H24N2O5S/c1-4-6-11-19-14-26(22,23)20-18(21)10-8-15-7-9-16(25-12-5-2)17(13-15)24-3/h2,7-10,13,19H,4,6,11-12,14H2,1,3H3,(H,20,21). The number of carbonyl (C=O) groups is 1. The normalized spacial score (nSPS) is 11.1. The number of carbonyl (C=O) groups excluding carboxylic acids is 1. The number of methoxy groups -OCH3 is 1. The van der Waals surface area contributed by atoms with Gasteiger partial charge in [0, 0.05) is 6.08 Å². The Bertz CT molecular complexity index is 766. The zero-order valence-electron chi connectivity index (χ0n) is 14.9. The first-order chi connectivity index (χ1) is 12.4. The van der Waals surface area contributed by atoms with Crippen molar-refractivity contribution in [3.8, 4) is 23.8 Å². The van der Waals surface area contributed by atoms with Gasteiger partial charge >= 0.3 is 0 Å². The fourth-order valence-electron chi connectivity index (χ4n) is 1.93. The lowest BCUT2D eigenvalue weighted by molar-refractivity contribution is -0.114. The van der Waals surface area contributed by atoms with E-state index in [1.165, 1.54) is 13.2 Å². The van der Waals surface area contributed by atoms with E-state index in [1.54, 1.807) is 18.2 Å². The van der Waals surface area contributed by atoms with E-state index in [2.05, 4.69) is 11.2 Å². The van der Waals surface area contributed by atoms with Crippen LogP contribution >= 0.6 is 0 Å². The lowest BCUT2D eigenvalue weighted by atomic mass is 10.2. The van der Waals surface area contributed by atoms with E-state index >= 15 is 0 Å². The number of hydrogen-bond donors (Lipinski definition) is 2. The summed E-state index contributed by atoms with van der Waals surface area (Å²) in [6.45, 7) is 2.69. The van der Waals surface area contributed by atoms with Crippen LogP contribution in [0.25, 0.3) is 6.08 Å². The molecule has 142 valence electrons. The molecule has 0 bridgehead atoms. The van der Waals surface area contributed by atoms with E-state index in [-0.39, 0.29) is 12.5 Å². The number of amides is 1. The van der Waals surface area contributed by atoms with Crippen LogP contribution in [0, 0.1) is 12.3 Å². The fraction of sp³-hybridized carbons (Fsp3) is 0.389. The second-order valence-electron chi connectivity index (χ2n) is 5.32. The number of nitrogens with one attached hydrogen (secondary N) is 2. The number of ether oxygens (including phenoxy) is 2. The summed E-state index contributed by atoms with van der Waals surface area (Å²) in [7, 11) is -2.24. The van der Waals surface area contributed by atoms with Crippen LogP contribution < -0.4 is 19.5 Å². The maximum atomic E-state index is 11.8. The van der Waals surface area contributed by atoms with Gasteiger partial charge < -0.3 is 14.8 Å². The Morgan fingerprint density at radius 3 is 2.77 bits per heavy atom. The van der Waals surface area contributed by atoms with Crippen molar-refractivity contribution in [2.45, 2.75) is 19.8 Å². The fourth-order valence-corrected chi connectivity index (χ4v) is 2.79. The van der Waals surface area contributed by atoms with Crippen molar-refractivity contribution in [2.75, 3.05) is 26.1 Å². The highest BCUT2D eigenvalue weighted by molar-refractivity contribution is 7.90. The van der Waals surface area contributed by atoms with Gasteiger partial charge in [0.15, 0.2) is 11.5 Å². The first-order valence-electron chi connectivity index (χ1n) is 8.09. The predicted molar refractivity (Wildman–Crippen MR) is 101 cm³/mol. The number of terminal acetylenes is 1. The summed E-state index contributed by atoms with van der Waals surface area (Å²) in [6, 6.07) is 5.00. The number of hydrogen-bond acceptors (Lipinski definition) is 6. The maximum Gasteiger partial charge on any atom is 0.257 e. The molecule has 1 aromatic carbocycles. The van der Waals surface area contributed by atoms with Crippen molar-refractivity contribution in [3.63, 3.8) is 0 Å². The Morgan fingerprint density at radius 1 is 1.35 bits per heavy atom. The molecule has 0 heterocycles. The number of benzene rings is 1. The molecule has 0 saturated heterocycles. The zero-order valence-corrected chi connectivity index (χ0v) is 15.8. The molecule has 1 rings (SSSR count). The first kappa shape index (κ1) is 21.5. The van der Waals surface area contributed by atoms with E-state index < -0.39 is 15.9 Å². The van der Waals surface area contributed by atoms with E-state index in [9.17, 15) is 13.2 Å². The van der Waals surface area contributed by atoms with Gasteiger partial charge in [-0.25, -0.2) is 13.1 Å². The van der Waals surface area contributed by atoms with Crippen LogP contribution in [0.1, 0.15) is 25.3 Å². The van der Waals surface area contributed by atoms with E-state index in [4.69, 9.17) is 15.9 Å². The zero-order chi connectivity index (χ0) is 19.4. The van der Waals surface area contributed by atoms with Crippen molar-refractivity contribution in [1.29, 1.82) is 0 Å². The molecule has 2 N–H and O–H groups in total. The SMILES string of the molecule is C#CCOc1ccc(C=CC(=O)NS(=O)(=O)CNCCCC)cc1OC. The van der Waals surface area contributed by atoms with Gasteiger partial charge in [-0.3, -0.25) is 4.79 Å². The van der Waals surface area contributed by atoms with Crippen LogP contribution in [0.2, 0.25) is 0 Å². The van der Waals surface area contributed by atoms with Crippen molar-refractivity contribution in [3.05, 3.63) is 29.8 Å². The van der Waals surface area contributed by atoms with Crippen LogP contribution in [0.5, 0.6) is 11.5 Å². The highest BCUT2D eigenvalue weighted by Crippen LogP contribution is 2.28. The third-order valence-electron chi connectivity index (χ3n) is 3.18. The molecule has 0 radical (unpaired) electrons. The summed E-state index contributed by atoms with van der Waals surface area (Å²) in [5.41, 5.74) is 0.642. The monoisotopic (exact) mass is 380 g/mol. The van der Waals surface area contributed by atoms with Crippen molar-refractivity contribution in [2.24, 2.45) is 0 Å². The smallest absolute Gasteiger partial charge is 0.257 e. The van der Waals surface area contributed by atoms with E-state index in [0.29, 0.717) is 23.6 Å². The molecule has 0 aromatic heterocycles. The molecule has 0 saturated carbocycles. The minimum Gasteiger partial charge on any atom is -0.493 e. The molecule has 26 heavy (non-hydrogen) atoms. The molecule has 8 heteroatoms. The van der Waals surface area contributed by atoms with Gasteiger partial charge in [-0.1, -0.05) is 25.3 Å². The lowest BCUT2D eigenvalue weighted by Gasteiger charge is -2.09. The molecule has 1 amide bonds. The number of rotatable bonds is 11. The average Bonchev–Trinajstić information content (AvgIpc) is 2.61. The van der Waals surface area contributed by atoms with Gasteiger partial charge in [-0.15, -0.1) is 6.42 Å². The molecule has 0 aliphatic carbocycles. The number of sulfonamides is 1. The summed E-state index contributed by atoms with van der Waals surface area (Å²) in [6.07, 6.45) is 9.59. The van der Waals surface area contributed by atoms with Gasteiger partial charge in [-0.05, 0) is 36.7 Å². The summed E-state index contributed by atoms with van der Waals surface area (Å²) < 4.78 is 36.1. The summed E-state index contributed by atoms with van der Waals surface area (Å²) in [4.78, 5) is 11.8. The third-order valence-corrected chi connectivity index (χ3v) is 4.28. The Labute approximate surface area is 154 Å². The first-order valence-corrected chi connectivity index (χ1v) is 9.74. The Balaban J connectivity index is 2.66.